The predicted octanol–water partition coefficient (Wildman–Crippen LogP) is 1.87. The number of rotatable bonds is 6. The van der Waals surface area contributed by atoms with Crippen LogP contribution in [0.25, 0.3) is 0 Å². The molecule has 0 aromatic heterocycles. The minimum Gasteiger partial charge on any atom is -0.497 e. The first-order chi connectivity index (χ1) is 17.4. The lowest BCUT2D eigenvalue weighted by atomic mass is 10.1. The van der Waals surface area contributed by atoms with Crippen LogP contribution in [-0.4, -0.2) is 103 Å². The number of likely N-dealkylation sites (N-methyl/N-ethyl adjacent to an activating group) is 2. The van der Waals surface area contributed by atoms with Crippen molar-refractivity contribution in [1.29, 1.82) is 0 Å². The van der Waals surface area contributed by atoms with Gasteiger partial charge in [-0.15, -0.1) is 0 Å². The van der Waals surface area contributed by atoms with E-state index < -0.39 is 12.1 Å². The number of amidine groups is 2. The fraction of sp³-hybridized carbons (Fsp3) is 0.385. The number of methoxy groups -OCH3 is 1. The highest BCUT2D eigenvalue weighted by atomic mass is 19.1. The Morgan fingerprint density at radius 2 is 1.69 bits per heavy atom. The van der Waals surface area contributed by atoms with Crippen LogP contribution < -0.4 is 9.64 Å². The summed E-state index contributed by atoms with van der Waals surface area (Å²) >= 11 is 0. The molecule has 2 aromatic rings. The molecule has 0 N–H and O–H groups in total. The maximum Gasteiger partial charge on any atom is 0.333 e. The summed E-state index contributed by atoms with van der Waals surface area (Å²) in [5, 5.41) is 0. The number of nitrogens with zero attached hydrogens (tertiary/aromatic N) is 6. The third-order valence-corrected chi connectivity index (χ3v) is 7.09. The number of hydrogen-bond donors (Lipinski definition) is 0. The Balaban J connectivity index is 1.37. The number of amides is 3. The zero-order valence-corrected chi connectivity index (χ0v) is 20.7. The molecular formula is C26H30FN6O3+. The summed E-state index contributed by atoms with van der Waals surface area (Å²) in [6, 6.07) is 13.4. The van der Waals surface area contributed by atoms with Crippen molar-refractivity contribution in [3.63, 3.8) is 0 Å². The molecule has 0 saturated carbocycles. The molecule has 2 aromatic carbocycles. The van der Waals surface area contributed by atoms with Crippen LogP contribution in [0.1, 0.15) is 5.56 Å². The molecule has 0 spiro atoms. The van der Waals surface area contributed by atoms with Crippen molar-refractivity contribution in [1.82, 2.24) is 14.7 Å². The first kappa shape index (κ1) is 23.9. The van der Waals surface area contributed by atoms with Crippen molar-refractivity contribution in [3.8, 4) is 5.75 Å². The second-order valence-corrected chi connectivity index (χ2v) is 9.21. The number of halogens is 1. The van der Waals surface area contributed by atoms with Gasteiger partial charge in [0.1, 0.15) is 24.7 Å². The Labute approximate surface area is 209 Å². The van der Waals surface area contributed by atoms with E-state index in [2.05, 4.69) is 21.9 Å². The van der Waals surface area contributed by atoms with Crippen molar-refractivity contribution in [2.24, 2.45) is 4.99 Å². The SMILES string of the molecule is COc1ccc(N2CCN(CC3=[N+](Cc4ccccc4F)C4C(=O)N(C)C(=O)N(C)C4=N3)CC2)cc1. The van der Waals surface area contributed by atoms with E-state index in [1.165, 1.54) is 18.0 Å². The van der Waals surface area contributed by atoms with E-state index in [-0.39, 0.29) is 18.3 Å². The minimum atomic E-state index is -0.757. The van der Waals surface area contributed by atoms with Gasteiger partial charge in [0.05, 0.1) is 7.11 Å². The van der Waals surface area contributed by atoms with Crippen LogP contribution in [0.3, 0.4) is 0 Å². The summed E-state index contributed by atoms with van der Waals surface area (Å²) in [6.45, 7) is 3.99. The number of imide groups is 1. The Hall–Kier alpha value is -3.79. The van der Waals surface area contributed by atoms with Gasteiger partial charge in [-0.2, -0.15) is 0 Å². The third-order valence-electron chi connectivity index (χ3n) is 7.09. The van der Waals surface area contributed by atoms with Crippen LogP contribution in [0.5, 0.6) is 5.75 Å². The molecule has 188 valence electrons. The fourth-order valence-corrected chi connectivity index (χ4v) is 4.92. The van der Waals surface area contributed by atoms with Gasteiger partial charge < -0.3 is 9.64 Å². The Bertz CT molecular complexity index is 1240. The first-order valence-electron chi connectivity index (χ1n) is 12.0. The zero-order chi connectivity index (χ0) is 25.4. The summed E-state index contributed by atoms with van der Waals surface area (Å²) in [6.07, 6.45) is 0. The van der Waals surface area contributed by atoms with Gasteiger partial charge in [-0.1, -0.05) is 18.2 Å². The van der Waals surface area contributed by atoms with E-state index >= 15 is 0 Å². The van der Waals surface area contributed by atoms with Gasteiger partial charge in [-0.3, -0.25) is 19.5 Å². The quantitative estimate of drug-likeness (QED) is 0.575. The molecule has 36 heavy (non-hydrogen) atoms. The van der Waals surface area contributed by atoms with Crippen LogP contribution in [0, 0.1) is 5.82 Å². The number of urea groups is 1. The zero-order valence-electron chi connectivity index (χ0n) is 20.7. The standard InChI is InChI=1S/C26H30FN6O3/c1-29-24-23(25(34)30(2)26(29)35)33(16-18-6-4-5-7-21(18)27)22(28-24)17-31-12-14-32(15-13-31)19-8-10-20(36-3)11-9-19/h4-11,23H,12-17H2,1-3H3/q+1. The molecule has 0 aliphatic carbocycles. The summed E-state index contributed by atoms with van der Waals surface area (Å²) in [5.41, 5.74) is 1.62. The molecule has 3 aliphatic rings. The molecule has 3 amide bonds. The number of carbonyl (C=O) groups excluding carboxylic acids is 2. The van der Waals surface area contributed by atoms with E-state index in [0.717, 1.165) is 42.5 Å². The van der Waals surface area contributed by atoms with E-state index in [4.69, 9.17) is 9.73 Å². The normalized spacial score (nSPS) is 20.7. The molecule has 0 radical (unpaired) electrons. The van der Waals surface area contributed by atoms with E-state index in [1.54, 1.807) is 32.4 Å². The van der Waals surface area contributed by atoms with Gasteiger partial charge >= 0.3 is 11.9 Å². The van der Waals surface area contributed by atoms with E-state index in [0.29, 0.717) is 23.8 Å². The molecule has 3 heterocycles. The summed E-state index contributed by atoms with van der Waals surface area (Å²) in [5.74, 6) is 1.20. The van der Waals surface area contributed by atoms with Gasteiger partial charge in [0.25, 0.3) is 17.8 Å². The molecule has 1 unspecified atom stereocenters. The smallest absolute Gasteiger partial charge is 0.333 e. The summed E-state index contributed by atoms with van der Waals surface area (Å²) in [7, 11) is 4.74. The molecule has 2 saturated heterocycles. The topological polar surface area (TPSA) is 71.7 Å². The van der Waals surface area contributed by atoms with Crippen LogP contribution in [-0.2, 0) is 11.3 Å². The molecule has 9 nitrogen and oxygen atoms in total. The van der Waals surface area contributed by atoms with E-state index in [9.17, 15) is 14.0 Å². The fourth-order valence-electron chi connectivity index (χ4n) is 4.92. The van der Waals surface area contributed by atoms with Crippen LogP contribution in [0.15, 0.2) is 53.5 Å². The number of benzene rings is 2. The largest absolute Gasteiger partial charge is 0.497 e. The maximum absolute atomic E-state index is 14.6. The Morgan fingerprint density at radius 1 is 1.00 bits per heavy atom. The lowest BCUT2D eigenvalue weighted by Gasteiger charge is -2.35. The van der Waals surface area contributed by atoms with Crippen molar-refractivity contribution in [3.05, 3.63) is 59.9 Å². The second kappa shape index (κ2) is 9.69. The van der Waals surface area contributed by atoms with Gasteiger partial charge in [0, 0.05) is 51.5 Å². The summed E-state index contributed by atoms with van der Waals surface area (Å²) < 4.78 is 21.7. The van der Waals surface area contributed by atoms with Crippen molar-refractivity contribution in [2.45, 2.75) is 12.6 Å². The van der Waals surface area contributed by atoms with Gasteiger partial charge in [0.15, 0.2) is 0 Å². The van der Waals surface area contributed by atoms with Crippen LogP contribution >= 0.6 is 0 Å². The third kappa shape index (κ3) is 4.32. The number of anilines is 1. The molecule has 2 fully saturated rings. The van der Waals surface area contributed by atoms with Crippen LogP contribution in [0.4, 0.5) is 14.9 Å². The first-order valence-corrected chi connectivity index (χ1v) is 12.0. The number of aliphatic imine (C=N–C) groups is 1. The number of ether oxygens (including phenoxy) is 1. The molecule has 5 rings (SSSR count). The highest BCUT2D eigenvalue weighted by Gasteiger charge is 2.53. The van der Waals surface area contributed by atoms with Crippen molar-refractivity contribution < 1.29 is 23.3 Å². The molecule has 10 heteroatoms. The second-order valence-electron chi connectivity index (χ2n) is 9.21. The number of piperazine rings is 1. The van der Waals surface area contributed by atoms with Crippen LogP contribution in [0.2, 0.25) is 0 Å². The minimum absolute atomic E-state index is 0.188. The Kier molecular flexibility index (Phi) is 6.44. The van der Waals surface area contributed by atoms with Crippen molar-refractivity contribution in [2.75, 3.05) is 58.8 Å². The van der Waals surface area contributed by atoms with Crippen molar-refractivity contribution >= 4 is 29.3 Å². The Morgan fingerprint density at radius 3 is 2.36 bits per heavy atom. The maximum atomic E-state index is 14.6. The predicted molar refractivity (Wildman–Crippen MR) is 134 cm³/mol. The summed E-state index contributed by atoms with van der Waals surface area (Å²) in [4.78, 5) is 37.6. The van der Waals surface area contributed by atoms with Gasteiger partial charge in [-0.05, 0) is 35.3 Å². The molecular weight excluding hydrogens is 463 g/mol. The molecule has 3 aliphatic heterocycles. The lowest BCUT2D eigenvalue weighted by Crippen LogP contribution is -2.61. The van der Waals surface area contributed by atoms with E-state index in [1.807, 2.05) is 16.7 Å². The number of carbonyl (C=O) groups is 2. The van der Waals surface area contributed by atoms with Gasteiger partial charge in [-0.25, -0.2) is 13.8 Å². The monoisotopic (exact) mass is 493 g/mol. The average Bonchev–Trinajstić information content (AvgIpc) is 3.25. The number of fused-ring (bicyclic) bond motifs is 1. The highest BCUT2D eigenvalue weighted by molar-refractivity contribution is 6.23. The van der Waals surface area contributed by atoms with Gasteiger partial charge in [0.2, 0.25) is 0 Å². The lowest BCUT2D eigenvalue weighted by molar-refractivity contribution is -0.552. The molecule has 0 bridgehead atoms. The number of hydrogen-bond acceptors (Lipinski definition) is 6. The molecule has 1 atom stereocenters. The average molecular weight is 494 g/mol. The highest BCUT2D eigenvalue weighted by Crippen LogP contribution is 2.23.